The summed E-state index contributed by atoms with van der Waals surface area (Å²) in [7, 11) is 3.75. The minimum absolute atomic E-state index is 0.221. The molecular weight excluding hydrogens is 384 g/mol. The zero-order chi connectivity index (χ0) is 21.4. The van der Waals surface area contributed by atoms with Crippen LogP contribution in [0.15, 0.2) is 24.7 Å². The molecule has 2 N–H and O–H groups in total. The number of likely N-dealkylation sites (tertiary alicyclic amines) is 1. The number of amides is 1. The molecule has 164 valence electrons. The molecule has 2 saturated heterocycles. The van der Waals surface area contributed by atoms with Gasteiger partial charge in [-0.25, -0.2) is 4.98 Å². The largest absolute Gasteiger partial charge is 0.388 e. The standard InChI is InChI=1S/C21H32N6O3/c1-20(24-18(28)16-4-9-23-26(16)3)8-15-30-21(19(20)29)6-12-27(13-7-21)11-5-17-22-10-14-25(17)2/h4,9-10,14,19,29H,5-8,11-13,15H2,1-3H3,(H,24,28)/t19-,20+/m0/s1. The quantitative estimate of drug-likeness (QED) is 0.737. The number of aryl methyl sites for hydroxylation is 2. The van der Waals surface area contributed by atoms with Gasteiger partial charge in [0.05, 0.1) is 11.1 Å². The molecule has 2 atom stereocenters. The first-order valence-electron chi connectivity index (χ1n) is 10.6. The predicted molar refractivity (Wildman–Crippen MR) is 111 cm³/mol. The van der Waals surface area contributed by atoms with Gasteiger partial charge in [0.2, 0.25) is 0 Å². The lowest BCUT2D eigenvalue weighted by molar-refractivity contribution is -0.205. The number of hydrogen-bond acceptors (Lipinski definition) is 6. The molecule has 0 aliphatic carbocycles. The molecule has 9 nitrogen and oxygen atoms in total. The number of hydrogen-bond donors (Lipinski definition) is 2. The van der Waals surface area contributed by atoms with Crippen LogP contribution in [0.3, 0.4) is 0 Å². The van der Waals surface area contributed by atoms with E-state index in [1.54, 1.807) is 24.0 Å². The van der Waals surface area contributed by atoms with Crippen LogP contribution >= 0.6 is 0 Å². The van der Waals surface area contributed by atoms with Crippen LogP contribution in [0.4, 0.5) is 0 Å². The maximum atomic E-state index is 12.8. The summed E-state index contributed by atoms with van der Waals surface area (Å²) in [5.74, 6) is 0.857. The number of aliphatic hydroxyl groups is 1. The Morgan fingerprint density at radius 2 is 2.07 bits per heavy atom. The number of carbonyl (C=O) groups excluding carboxylic acids is 1. The molecule has 0 saturated carbocycles. The summed E-state index contributed by atoms with van der Waals surface area (Å²) < 4.78 is 9.76. The fourth-order valence-corrected chi connectivity index (χ4v) is 4.78. The minimum atomic E-state index is -0.771. The van der Waals surface area contributed by atoms with Crippen LogP contribution in [0, 0.1) is 0 Å². The van der Waals surface area contributed by atoms with Crippen molar-refractivity contribution < 1.29 is 14.6 Å². The zero-order valence-corrected chi connectivity index (χ0v) is 18.0. The number of nitrogens with one attached hydrogen (secondary N) is 1. The van der Waals surface area contributed by atoms with Gasteiger partial charge in [-0.3, -0.25) is 9.48 Å². The molecule has 4 rings (SSSR count). The van der Waals surface area contributed by atoms with Crippen LogP contribution in [0.2, 0.25) is 0 Å². The highest BCUT2D eigenvalue weighted by atomic mass is 16.5. The summed E-state index contributed by atoms with van der Waals surface area (Å²) in [5.41, 5.74) is -0.880. The van der Waals surface area contributed by atoms with E-state index in [0.717, 1.165) is 44.7 Å². The zero-order valence-electron chi connectivity index (χ0n) is 18.0. The Bertz CT molecular complexity index is 885. The molecule has 4 heterocycles. The molecular formula is C21H32N6O3. The second-order valence-corrected chi connectivity index (χ2v) is 8.82. The van der Waals surface area contributed by atoms with Gasteiger partial charge in [-0.2, -0.15) is 5.10 Å². The summed E-state index contributed by atoms with van der Waals surface area (Å²) in [6.07, 6.45) is 7.58. The number of ether oxygens (including phenoxy) is 1. The number of carbonyl (C=O) groups is 1. The van der Waals surface area contributed by atoms with E-state index in [9.17, 15) is 9.90 Å². The second-order valence-electron chi connectivity index (χ2n) is 8.82. The van der Waals surface area contributed by atoms with Gasteiger partial charge < -0.3 is 24.6 Å². The van der Waals surface area contributed by atoms with Crippen LogP contribution in [-0.4, -0.2) is 78.7 Å². The van der Waals surface area contributed by atoms with Gasteiger partial charge in [0.25, 0.3) is 5.91 Å². The highest BCUT2D eigenvalue weighted by Gasteiger charge is 2.53. The van der Waals surface area contributed by atoms with Crippen molar-refractivity contribution in [3.8, 4) is 0 Å². The summed E-state index contributed by atoms with van der Waals surface area (Å²) >= 11 is 0. The first kappa shape index (κ1) is 21.0. The van der Waals surface area contributed by atoms with Crippen molar-refractivity contribution in [3.63, 3.8) is 0 Å². The van der Waals surface area contributed by atoms with E-state index in [1.165, 1.54) is 0 Å². The van der Waals surface area contributed by atoms with Gasteiger partial charge in [0.1, 0.15) is 17.6 Å². The maximum absolute atomic E-state index is 12.8. The van der Waals surface area contributed by atoms with E-state index < -0.39 is 17.2 Å². The number of imidazole rings is 1. The molecule has 9 heteroatoms. The monoisotopic (exact) mass is 416 g/mol. The normalized spacial score (nSPS) is 26.7. The second kappa shape index (κ2) is 8.13. The van der Waals surface area contributed by atoms with E-state index in [2.05, 4.69) is 24.9 Å². The Morgan fingerprint density at radius 1 is 1.30 bits per heavy atom. The van der Waals surface area contributed by atoms with Crippen LogP contribution in [-0.2, 0) is 25.3 Å². The molecule has 2 aliphatic rings. The van der Waals surface area contributed by atoms with E-state index >= 15 is 0 Å². The van der Waals surface area contributed by atoms with Crippen molar-refractivity contribution in [2.75, 3.05) is 26.2 Å². The van der Waals surface area contributed by atoms with E-state index in [0.29, 0.717) is 18.7 Å². The first-order chi connectivity index (χ1) is 14.3. The van der Waals surface area contributed by atoms with Gasteiger partial charge >= 0.3 is 0 Å². The summed E-state index contributed by atoms with van der Waals surface area (Å²) in [5, 5.41) is 18.5. The molecule has 2 aromatic rings. The average molecular weight is 417 g/mol. The van der Waals surface area contributed by atoms with Gasteiger partial charge in [-0.05, 0) is 32.3 Å². The lowest BCUT2D eigenvalue weighted by Gasteiger charge is -2.53. The Morgan fingerprint density at radius 3 is 2.70 bits per heavy atom. The van der Waals surface area contributed by atoms with Crippen molar-refractivity contribution in [1.29, 1.82) is 0 Å². The van der Waals surface area contributed by atoms with Crippen LogP contribution in [0.25, 0.3) is 0 Å². The molecule has 0 radical (unpaired) electrons. The molecule has 1 amide bonds. The lowest BCUT2D eigenvalue weighted by atomic mass is 9.73. The third-order valence-corrected chi connectivity index (χ3v) is 6.84. The molecule has 0 aromatic carbocycles. The van der Waals surface area contributed by atoms with Gasteiger partial charge in [0, 0.05) is 65.3 Å². The molecule has 30 heavy (non-hydrogen) atoms. The van der Waals surface area contributed by atoms with Crippen molar-refractivity contribution >= 4 is 5.91 Å². The minimum Gasteiger partial charge on any atom is -0.388 e. The number of rotatable bonds is 5. The topological polar surface area (TPSA) is 97.4 Å². The van der Waals surface area contributed by atoms with E-state index in [4.69, 9.17) is 4.74 Å². The van der Waals surface area contributed by atoms with Crippen molar-refractivity contribution in [1.82, 2.24) is 29.5 Å². The molecule has 2 aromatic heterocycles. The first-order valence-corrected chi connectivity index (χ1v) is 10.6. The summed E-state index contributed by atoms with van der Waals surface area (Å²) in [6.45, 7) is 5.09. The van der Waals surface area contributed by atoms with Gasteiger partial charge in [0.15, 0.2) is 0 Å². The summed E-state index contributed by atoms with van der Waals surface area (Å²) in [6, 6.07) is 1.68. The average Bonchev–Trinajstić information content (AvgIpc) is 3.34. The highest BCUT2D eigenvalue weighted by Crippen LogP contribution is 2.40. The molecule has 2 aliphatic heterocycles. The van der Waals surface area contributed by atoms with Crippen LogP contribution in [0.1, 0.15) is 42.5 Å². The maximum Gasteiger partial charge on any atom is 0.270 e. The fraction of sp³-hybridized carbons (Fsp3) is 0.667. The number of piperidine rings is 1. The number of aliphatic hydroxyl groups excluding tert-OH is 1. The summed E-state index contributed by atoms with van der Waals surface area (Å²) in [4.78, 5) is 19.5. The van der Waals surface area contributed by atoms with E-state index in [1.807, 2.05) is 26.4 Å². The van der Waals surface area contributed by atoms with Gasteiger partial charge in [-0.1, -0.05) is 0 Å². The molecule has 1 spiro atoms. The number of aromatic nitrogens is 4. The lowest BCUT2D eigenvalue weighted by Crippen LogP contribution is -2.69. The third kappa shape index (κ3) is 3.89. The Kier molecular flexibility index (Phi) is 5.69. The number of nitrogens with zero attached hydrogens (tertiary/aromatic N) is 5. The predicted octanol–water partition coefficient (Wildman–Crippen LogP) is 0.501. The van der Waals surface area contributed by atoms with Crippen LogP contribution < -0.4 is 5.32 Å². The van der Waals surface area contributed by atoms with Crippen molar-refractivity contribution in [2.24, 2.45) is 14.1 Å². The van der Waals surface area contributed by atoms with Crippen LogP contribution in [0.5, 0.6) is 0 Å². The van der Waals surface area contributed by atoms with Gasteiger partial charge in [-0.15, -0.1) is 0 Å². The highest BCUT2D eigenvalue weighted by molar-refractivity contribution is 5.93. The van der Waals surface area contributed by atoms with Crippen molar-refractivity contribution in [2.45, 2.75) is 49.9 Å². The molecule has 2 fully saturated rings. The van der Waals surface area contributed by atoms with Crippen molar-refractivity contribution in [3.05, 3.63) is 36.2 Å². The fourth-order valence-electron chi connectivity index (χ4n) is 4.78. The Labute approximate surface area is 177 Å². The smallest absolute Gasteiger partial charge is 0.270 e. The molecule has 0 bridgehead atoms. The Hall–Kier alpha value is -2.23. The SMILES string of the molecule is Cn1ccnc1CCN1CCC2(CC1)OCC[C@@](C)(NC(=O)c1ccnn1C)[C@@H]2O. The Balaban J connectivity index is 1.38. The third-order valence-electron chi connectivity index (χ3n) is 6.84. The van der Waals surface area contributed by atoms with E-state index in [-0.39, 0.29) is 5.91 Å². The molecule has 0 unspecified atom stereocenters.